The molecular weight excluding hydrogens is 348 g/mol. The number of nitroso groups, excluding NO2 is 1. The van der Waals surface area contributed by atoms with Crippen molar-refractivity contribution < 1.29 is 4.76 Å². The Balaban J connectivity index is 2.69. The van der Waals surface area contributed by atoms with Crippen LogP contribution in [0.1, 0.15) is 67.9 Å². The summed E-state index contributed by atoms with van der Waals surface area (Å²) in [5.41, 5.74) is 2.88. The van der Waals surface area contributed by atoms with Crippen molar-refractivity contribution in [2.45, 2.75) is 78.8 Å². The molecule has 0 saturated carbocycles. The Morgan fingerprint density at radius 1 is 0.821 bits per heavy atom. The maximum atomic E-state index is 12.9. The molecule has 0 aliphatic heterocycles. The molecule has 4 nitrogen and oxygen atoms in total. The van der Waals surface area contributed by atoms with Crippen LogP contribution in [0, 0.1) is 10.1 Å². The van der Waals surface area contributed by atoms with E-state index < -0.39 is 11.1 Å². The Hall–Kier alpha value is -2.20. The highest BCUT2D eigenvalue weighted by Crippen LogP contribution is 2.36. The fourth-order valence-electron chi connectivity index (χ4n) is 2.94. The second-order valence-corrected chi connectivity index (χ2v) is 10.5. The van der Waals surface area contributed by atoms with Crippen molar-refractivity contribution >= 4 is 11.4 Å². The van der Waals surface area contributed by atoms with Crippen molar-refractivity contribution in [3.8, 4) is 11.1 Å². The molecule has 0 saturated heterocycles. The predicted octanol–water partition coefficient (Wildman–Crippen LogP) is 6.96. The van der Waals surface area contributed by atoms with Gasteiger partial charge in [-0.25, -0.2) is 0 Å². The molecule has 0 fully saturated rings. The van der Waals surface area contributed by atoms with Gasteiger partial charge in [0, 0.05) is 53.8 Å². The number of benzene rings is 2. The van der Waals surface area contributed by atoms with Gasteiger partial charge in [-0.3, -0.25) is 0 Å². The lowest BCUT2D eigenvalue weighted by molar-refractivity contribution is -0.540. The van der Waals surface area contributed by atoms with Gasteiger partial charge in [-0.1, -0.05) is 45.0 Å². The van der Waals surface area contributed by atoms with Gasteiger partial charge in [0.2, 0.25) is 5.54 Å². The highest BCUT2D eigenvalue weighted by Gasteiger charge is 2.32. The zero-order valence-corrected chi connectivity index (χ0v) is 18.8. The molecule has 4 heteroatoms. The van der Waals surface area contributed by atoms with Crippen LogP contribution in [0.2, 0.25) is 0 Å². The molecular formula is C24H34N2O2. The molecule has 0 unspecified atom stereocenters. The van der Waals surface area contributed by atoms with Crippen molar-refractivity contribution in [3.05, 3.63) is 58.1 Å². The van der Waals surface area contributed by atoms with E-state index >= 15 is 0 Å². The molecule has 2 aromatic rings. The van der Waals surface area contributed by atoms with E-state index in [-0.39, 0.29) is 5.41 Å². The lowest BCUT2D eigenvalue weighted by Crippen LogP contribution is -2.36. The smallest absolute Gasteiger partial charge is 0.259 e. The van der Waals surface area contributed by atoms with E-state index in [2.05, 4.69) is 32.9 Å². The number of hydroxylamine groups is 1. The molecule has 0 bridgehead atoms. The summed E-state index contributed by atoms with van der Waals surface area (Å²) in [5.74, 6) is 0. The first kappa shape index (κ1) is 22.1. The van der Waals surface area contributed by atoms with Crippen LogP contribution in [0.25, 0.3) is 11.1 Å². The monoisotopic (exact) mass is 382 g/mol. The molecule has 2 rings (SSSR count). The fourth-order valence-corrected chi connectivity index (χ4v) is 2.94. The molecule has 0 spiro atoms. The molecule has 0 aromatic heterocycles. The Morgan fingerprint density at radius 3 is 1.93 bits per heavy atom. The summed E-state index contributed by atoms with van der Waals surface area (Å²) in [5, 5.41) is 13.9. The van der Waals surface area contributed by atoms with Crippen LogP contribution in [0.15, 0.2) is 42.5 Å². The van der Waals surface area contributed by atoms with Crippen LogP contribution in [0.5, 0.6) is 0 Å². The van der Waals surface area contributed by atoms with Gasteiger partial charge < -0.3 is 10.3 Å². The largest absolute Gasteiger partial charge is 0.758 e. The Labute approximate surface area is 169 Å². The van der Waals surface area contributed by atoms with Crippen LogP contribution >= 0.6 is 0 Å². The van der Waals surface area contributed by atoms with Crippen LogP contribution in [-0.2, 0) is 5.41 Å². The molecule has 0 atom stereocenters. The van der Waals surface area contributed by atoms with E-state index in [1.165, 1.54) is 5.56 Å². The molecule has 0 radical (unpaired) electrons. The summed E-state index contributed by atoms with van der Waals surface area (Å²) in [7, 11) is 0. The maximum Gasteiger partial charge on any atom is 0.259 e. The van der Waals surface area contributed by atoms with E-state index in [1.54, 1.807) is 6.07 Å². The van der Waals surface area contributed by atoms with E-state index in [0.29, 0.717) is 11.4 Å². The average molecular weight is 383 g/mol. The molecule has 0 aliphatic carbocycles. The lowest BCUT2D eigenvalue weighted by atomic mass is 9.85. The van der Waals surface area contributed by atoms with Crippen LogP contribution in [0.3, 0.4) is 0 Å². The highest BCUT2D eigenvalue weighted by atomic mass is 16.5. The van der Waals surface area contributed by atoms with Crippen molar-refractivity contribution in [1.29, 1.82) is 0 Å². The minimum Gasteiger partial charge on any atom is -0.758 e. The third-order valence-corrected chi connectivity index (χ3v) is 4.65. The standard InChI is InChI=1S/C24H34N2O2/c1-22(2,3)19-12-10-11-17(13-19)18-14-20(25(27)23(4,5)6)16-21(15-18)26(28)24(7,8)9/h10-16H,1-9H3. The maximum absolute atomic E-state index is 12.9. The van der Waals surface area contributed by atoms with Crippen molar-refractivity contribution in [1.82, 2.24) is 0 Å². The summed E-state index contributed by atoms with van der Waals surface area (Å²) in [6.45, 7) is 17.7. The molecule has 0 aliphatic rings. The van der Waals surface area contributed by atoms with Gasteiger partial charge in [0.1, 0.15) is 0 Å². The quantitative estimate of drug-likeness (QED) is 0.425. The predicted molar refractivity (Wildman–Crippen MR) is 119 cm³/mol. The minimum absolute atomic E-state index is 0.0163. The van der Waals surface area contributed by atoms with Crippen LogP contribution < -0.4 is 5.06 Å². The molecule has 0 heterocycles. The van der Waals surface area contributed by atoms with Crippen molar-refractivity contribution in [2.24, 2.45) is 0 Å². The van der Waals surface area contributed by atoms with Crippen molar-refractivity contribution in [3.63, 3.8) is 0 Å². The first-order valence-corrected chi connectivity index (χ1v) is 9.81. The SMILES string of the molecule is CC(C)(C)c1cccc(-c2cc(N([O-])C(C)(C)C)cc([N+](=O)C(C)(C)C)c2)c1. The molecule has 0 N–H and O–H groups in total. The average Bonchev–Trinajstić information content (AvgIpc) is 2.57. The first-order valence-electron chi connectivity index (χ1n) is 9.81. The second-order valence-electron chi connectivity index (χ2n) is 10.5. The van der Waals surface area contributed by atoms with Gasteiger partial charge in [-0.2, -0.15) is 0 Å². The van der Waals surface area contributed by atoms with Gasteiger partial charge >= 0.3 is 0 Å². The van der Waals surface area contributed by atoms with E-state index in [4.69, 9.17) is 0 Å². The molecule has 152 valence electrons. The molecule has 28 heavy (non-hydrogen) atoms. The Kier molecular flexibility index (Phi) is 5.78. The summed E-state index contributed by atoms with van der Waals surface area (Å²) in [6.07, 6.45) is 0. The fraction of sp³-hybridized carbons (Fsp3) is 0.500. The number of anilines is 1. The van der Waals surface area contributed by atoms with Gasteiger partial charge in [-0.05, 0) is 48.9 Å². The second kappa shape index (κ2) is 7.32. The molecule has 0 amide bonds. The summed E-state index contributed by atoms with van der Waals surface area (Å²) in [6, 6.07) is 13.7. The summed E-state index contributed by atoms with van der Waals surface area (Å²) >= 11 is 0. The number of hydrogen-bond donors (Lipinski definition) is 0. The minimum atomic E-state index is -0.599. The third kappa shape index (κ3) is 4.99. The van der Waals surface area contributed by atoms with E-state index in [1.807, 2.05) is 65.8 Å². The topological polar surface area (TPSA) is 46.4 Å². The molecule has 2 aromatic carbocycles. The van der Waals surface area contributed by atoms with Crippen LogP contribution in [0.4, 0.5) is 11.4 Å². The lowest BCUT2D eigenvalue weighted by Gasteiger charge is -2.43. The van der Waals surface area contributed by atoms with Gasteiger partial charge in [-0.15, -0.1) is 0 Å². The summed E-state index contributed by atoms with van der Waals surface area (Å²) in [4.78, 5) is 12.9. The van der Waals surface area contributed by atoms with E-state index in [9.17, 15) is 10.1 Å². The Bertz CT molecular complexity index is 865. The van der Waals surface area contributed by atoms with Gasteiger partial charge in [0.05, 0.1) is 0 Å². The number of rotatable bonds is 3. The summed E-state index contributed by atoms with van der Waals surface area (Å²) < 4.78 is 0.976. The third-order valence-electron chi connectivity index (χ3n) is 4.65. The zero-order valence-electron chi connectivity index (χ0n) is 18.8. The zero-order chi connectivity index (χ0) is 21.5. The first-order chi connectivity index (χ1) is 12.6. The normalized spacial score (nSPS) is 12.8. The Morgan fingerprint density at radius 2 is 1.43 bits per heavy atom. The van der Waals surface area contributed by atoms with Gasteiger partial charge in [0.25, 0.3) is 5.69 Å². The van der Waals surface area contributed by atoms with Crippen molar-refractivity contribution in [2.75, 3.05) is 5.06 Å². The van der Waals surface area contributed by atoms with Crippen LogP contribution in [-0.4, -0.2) is 15.8 Å². The number of nitrogens with zero attached hydrogens (tertiary/aromatic N) is 2. The van der Waals surface area contributed by atoms with E-state index in [0.717, 1.165) is 21.0 Å². The van der Waals surface area contributed by atoms with Gasteiger partial charge in [0.15, 0.2) is 0 Å². The number of hydrogen-bond acceptors (Lipinski definition) is 3. The highest BCUT2D eigenvalue weighted by molar-refractivity contribution is 5.73.